The number of hydrogen-bond acceptors (Lipinski definition) is 3. The maximum Gasteiger partial charge on any atom is 0.252 e. The minimum Gasteiger partial charge on any atom is -0.467 e. The summed E-state index contributed by atoms with van der Waals surface area (Å²) >= 11 is 3.53. The van der Waals surface area contributed by atoms with Gasteiger partial charge >= 0.3 is 0 Å². The van der Waals surface area contributed by atoms with Crippen LogP contribution in [-0.4, -0.2) is 10.9 Å². The molecule has 0 bridgehead atoms. The number of nitrogens with one attached hydrogen (secondary N) is 1. The van der Waals surface area contributed by atoms with Crippen LogP contribution in [0.3, 0.4) is 0 Å². The van der Waals surface area contributed by atoms with E-state index in [1.165, 1.54) is 0 Å². The molecular weight excluding hydrogens is 404 g/mol. The lowest BCUT2D eigenvalue weighted by Gasteiger charge is -2.12. The van der Waals surface area contributed by atoms with Crippen LogP contribution in [0.1, 0.15) is 21.7 Å². The quantitative estimate of drug-likeness (QED) is 0.474. The lowest BCUT2D eigenvalue weighted by Crippen LogP contribution is -2.23. The number of aromatic nitrogens is 1. The topological polar surface area (TPSA) is 55.1 Å². The maximum absolute atomic E-state index is 13.0. The summed E-state index contributed by atoms with van der Waals surface area (Å²) in [4.78, 5) is 17.8. The van der Waals surface area contributed by atoms with Gasteiger partial charge in [0.1, 0.15) is 5.76 Å². The van der Waals surface area contributed by atoms with E-state index in [9.17, 15) is 4.79 Å². The van der Waals surface area contributed by atoms with Crippen molar-refractivity contribution in [2.24, 2.45) is 0 Å². The van der Waals surface area contributed by atoms with Gasteiger partial charge in [-0.2, -0.15) is 0 Å². The molecule has 1 amide bonds. The van der Waals surface area contributed by atoms with Crippen molar-refractivity contribution < 1.29 is 9.21 Å². The Morgan fingerprint density at radius 2 is 1.93 bits per heavy atom. The number of aryl methyl sites for hydroxylation is 1. The molecule has 0 aliphatic carbocycles. The molecule has 0 aliphatic heterocycles. The number of rotatable bonds is 4. The van der Waals surface area contributed by atoms with E-state index >= 15 is 0 Å². The van der Waals surface area contributed by atoms with E-state index in [2.05, 4.69) is 21.2 Å². The average molecular weight is 421 g/mol. The fraction of sp³-hybridized carbons (Fsp3) is 0.0909. The Labute approximate surface area is 165 Å². The fourth-order valence-corrected chi connectivity index (χ4v) is 3.65. The van der Waals surface area contributed by atoms with Crippen LogP contribution in [-0.2, 0) is 6.54 Å². The number of nitrogens with zero attached hydrogens (tertiary/aromatic N) is 1. The third kappa shape index (κ3) is 3.64. The Balaban J connectivity index is 1.82. The minimum absolute atomic E-state index is 0.159. The summed E-state index contributed by atoms with van der Waals surface area (Å²) in [5, 5.41) is 3.75. The molecule has 0 unspecified atom stereocenters. The van der Waals surface area contributed by atoms with Crippen LogP contribution in [0.4, 0.5) is 0 Å². The van der Waals surface area contributed by atoms with E-state index in [0.717, 1.165) is 32.2 Å². The predicted octanol–water partition coefficient (Wildman–Crippen LogP) is 5.50. The number of furan rings is 1. The van der Waals surface area contributed by atoms with Crippen molar-refractivity contribution in [3.63, 3.8) is 0 Å². The van der Waals surface area contributed by atoms with Gasteiger partial charge in [0.05, 0.1) is 29.6 Å². The normalized spacial score (nSPS) is 10.9. The Morgan fingerprint density at radius 1 is 1.11 bits per heavy atom. The van der Waals surface area contributed by atoms with Crippen molar-refractivity contribution in [1.82, 2.24) is 10.3 Å². The molecule has 0 radical (unpaired) electrons. The number of carbonyl (C=O) groups is 1. The molecule has 0 saturated carbocycles. The van der Waals surface area contributed by atoms with Crippen molar-refractivity contribution in [2.75, 3.05) is 0 Å². The molecule has 0 atom stereocenters. The highest BCUT2D eigenvalue weighted by atomic mass is 79.9. The second-order valence-corrected chi connectivity index (χ2v) is 7.22. The Hall–Kier alpha value is -2.92. The highest BCUT2D eigenvalue weighted by molar-refractivity contribution is 9.10. The predicted molar refractivity (Wildman–Crippen MR) is 109 cm³/mol. The highest BCUT2D eigenvalue weighted by Crippen LogP contribution is 2.29. The van der Waals surface area contributed by atoms with E-state index in [1.54, 1.807) is 12.3 Å². The van der Waals surface area contributed by atoms with Gasteiger partial charge in [0.2, 0.25) is 0 Å². The molecule has 0 aliphatic rings. The van der Waals surface area contributed by atoms with Crippen molar-refractivity contribution in [1.29, 1.82) is 0 Å². The van der Waals surface area contributed by atoms with Crippen molar-refractivity contribution >= 4 is 32.7 Å². The number of carbonyl (C=O) groups excluding carboxylic acids is 1. The van der Waals surface area contributed by atoms with Crippen molar-refractivity contribution in [3.8, 4) is 11.3 Å². The van der Waals surface area contributed by atoms with Crippen LogP contribution in [0, 0.1) is 6.92 Å². The van der Waals surface area contributed by atoms with E-state index < -0.39 is 0 Å². The van der Waals surface area contributed by atoms with Crippen LogP contribution in [0.25, 0.3) is 22.2 Å². The van der Waals surface area contributed by atoms with E-state index in [-0.39, 0.29) is 5.91 Å². The number of halogens is 1. The average Bonchev–Trinajstić information content (AvgIpc) is 3.20. The molecule has 0 spiro atoms. The lowest BCUT2D eigenvalue weighted by molar-refractivity contribution is 0.0949. The van der Waals surface area contributed by atoms with E-state index in [1.807, 2.05) is 61.5 Å². The van der Waals surface area contributed by atoms with Gasteiger partial charge < -0.3 is 9.73 Å². The van der Waals surface area contributed by atoms with Crippen LogP contribution in [0.15, 0.2) is 75.8 Å². The molecule has 4 aromatic rings. The van der Waals surface area contributed by atoms with Crippen molar-refractivity contribution in [2.45, 2.75) is 13.5 Å². The summed E-state index contributed by atoms with van der Waals surface area (Å²) < 4.78 is 6.22. The molecule has 27 heavy (non-hydrogen) atoms. The first-order chi connectivity index (χ1) is 13.1. The maximum atomic E-state index is 13.0. The van der Waals surface area contributed by atoms with Crippen LogP contribution in [0.5, 0.6) is 0 Å². The molecule has 2 heterocycles. The fourth-order valence-electron chi connectivity index (χ4n) is 3.08. The second-order valence-electron chi connectivity index (χ2n) is 6.30. The largest absolute Gasteiger partial charge is 0.467 e. The smallest absolute Gasteiger partial charge is 0.252 e. The third-order valence-corrected chi connectivity index (χ3v) is 4.84. The number of pyridine rings is 1. The summed E-state index contributed by atoms with van der Waals surface area (Å²) in [6.45, 7) is 2.34. The number of fused-ring (bicyclic) bond motifs is 1. The van der Waals surface area contributed by atoms with Gasteiger partial charge in [-0.3, -0.25) is 4.79 Å². The van der Waals surface area contributed by atoms with Gasteiger partial charge in [0, 0.05) is 15.4 Å². The first kappa shape index (κ1) is 17.5. The Bertz CT molecular complexity index is 1110. The summed E-state index contributed by atoms with van der Waals surface area (Å²) in [5.41, 5.74) is 4.17. The number of benzene rings is 2. The van der Waals surface area contributed by atoms with Gasteiger partial charge in [-0.15, -0.1) is 0 Å². The van der Waals surface area contributed by atoms with E-state index in [4.69, 9.17) is 9.40 Å². The minimum atomic E-state index is -0.159. The van der Waals surface area contributed by atoms with Gasteiger partial charge in [0.25, 0.3) is 5.91 Å². The molecule has 0 saturated heterocycles. The van der Waals surface area contributed by atoms with Crippen LogP contribution >= 0.6 is 15.9 Å². The summed E-state index contributed by atoms with van der Waals surface area (Å²) in [6, 6.07) is 19.3. The van der Waals surface area contributed by atoms with Crippen LogP contribution in [0.2, 0.25) is 0 Å². The zero-order chi connectivity index (χ0) is 18.8. The molecule has 134 valence electrons. The zero-order valence-corrected chi connectivity index (χ0v) is 16.3. The van der Waals surface area contributed by atoms with Gasteiger partial charge in [-0.25, -0.2) is 4.98 Å². The Kier molecular flexibility index (Phi) is 4.77. The molecule has 2 aromatic carbocycles. The molecule has 0 fully saturated rings. The van der Waals surface area contributed by atoms with Gasteiger partial charge in [-0.1, -0.05) is 46.3 Å². The lowest BCUT2D eigenvalue weighted by atomic mass is 10.0. The monoisotopic (exact) mass is 420 g/mol. The molecule has 4 nitrogen and oxygen atoms in total. The SMILES string of the molecule is Cc1cc(Br)cc2c(C(=O)NCc3ccco3)cc(-c3ccccc3)nc12. The Morgan fingerprint density at radius 3 is 2.67 bits per heavy atom. The zero-order valence-electron chi connectivity index (χ0n) is 14.7. The highest BCUT2D eigenvalue weighted by Gasteiger charge is 2.16. The molecule has 1 N–H and O–H groups in total. The number of hydrogen-bond donors (Lipinski definition) is 1. The summed E-state index contributed by atoms with van der Waals surface area (Å²) in [6.07, 6.45) is 1.59. The first-order valence-corrected chi connectivity index (χ1v) is 9.38. The first-order valence-electron chi connectivity index (χ1n) is 8.59. The third-order valence-electron chi connectivity index (χ3n) is 4.39. The molecular formula is C22H17BrN2O2. The van der Waals surface area contributed by atoms with Crippen molar-refractivity contribution in [3.05, 3.63) is 88.3 Å². The molecule has 2 aromatic heterocycles. The standard InChI is InChI=1S/C22H17BrN2O2/c1-14-10-16(23)11-18-19(22(26)24-13-17-8-5-9-27-17)12-20(25-21(14)18)15-6-3-2-4-7-15/h2-12H,13H2,1H3,(H,24,26). The molecule has 5 heteroatoms. The summed E-state index contributed by atoms with van der Waals surface area (Å²) in [5.74, 6) is 0.552. The van der Waals surface area contributed by atoms with Gasteiger partial charge in [-0.05, 0) is 42.8 Å². The second kappa shape index (κ2) is 7.37. The molecule has 4 rings (SSSR count). The van der Waals surface area contributed by atoms with Gasteiger partial charge in [0.15, 0.2) is 0 Å². The number of amides is 1. The van der Waals surface area contributed by atoms with Crippen LogP contribution < -0.4 is 5.32 Å². The van der Waals surface area contributed by atoms with E-state index in [0.29, 0.717) is 17.9 Å². The summed E-state index contributed by atoms with van der Waals surface area (Å²) in [7, 11) is 0.